The van der Waals surface area contributed by atoms with Gasteiger partial charge >= 0.3 is 0 Å². The van der Waals surface area contributed by atoms with Gasteiger partial charge in [0, 0.05) is 4.90 Å². The smallest absolute Gasteiger partial charge is 0.0107 e. The van der Waals surface area contributed by atoms with Gasteiger partial charge in [-0.05, 0) is 35.1 Å². The number of rotatable bonds is 0. The monoisotopic (exact) mass is 206 g/mol. The molecule has 0 amide bonds. The molecule has 1 aliphatic heterocycles. The highest BCUT2D eigenvalue weighted by Crippen LogP contribution is 2.46. The highest BCUT2D eigenvalue weighted by Gasteiger charge is 2.30. The van der Waals surface area contributed by atoms with Gasteiger partial charge in [0.05, 0.1) is 0 Å². The van der Waals surface area contributed by atoms with Crippen LogP contribution in [0.1, 0.15) is 38.7 Å². The van der Waals surface area contributed by atoms with Crippen molar-refractivity contribution in [2.75, 3.05) is 5.75 Å². The van der Waals surface area contributed by atoms with Gasteiger partial charge in [-0.3, -0.25) is 0 Å². The van der Waals surface area contributed by atoms with E-state index in [4.69, 9.17) is 0 Å². The van der Waals surface area contributed by atoms with Crippen molar-refractivity contribution in [2.24, 2.45) is 5.41 Å². The van der Waals surface area contributed by atoms with Gasteiger partial charge in [-0.1, -0.05) is 39.0 Å². The molecule has 1 unspecified atom stereocenters. The van der Waals surface area contributed by atoms with Gasteiger partial charge in [-0.25, -0.2) is 0 Å². The number of hydrogen-bond donors (Lipinski definition) is 0. The summed E-state index contributed by atoms with van der Waals surface area (Å²) in [5.74, 6) is 2.01. The Morgan fingerprint density at radius 1 is 1.21 bits per heavy atom. The summed E-state index contributed by atoms with van der Waals surface area (Å²) in [4.78, 5) is 1.50. The zero-order valence-electron chi connectivity index (χ0n) is 9.21. The van der Waals surface area contributed by atoms with E-state index < -0.39 is 0 Å². The third kappa shape index (κ3) is 1.83. The molecule has 1 heterocycles. The van der Waals surface area contributed by atoms with Crippen molar-refractivity contribution in [3.05, 3.63) is 29.8 Å². The third-order valence-corrected chi connectivity index (χ3v) is 4.13. The minimum atomic E-state index is 0.400. The van der Waals surface area contributed by atoms with Crippen LogP contribution in [0.2, 0.25) is 0 Å². The molecule has 0 bridgehead atoms. The molecule has 1 atom stereocenters. The Labute approximate surface area is 91.1 Å². The highest BCUT2D eigenvalue weighted by molar-refractivity contribution is 7.99. The van der Waals surface area contributed by atoms with Gasteiger partial charge in [-0.2, -0.15) is 0 Å². The van der Waals surface area contributed by atoms with Crippen LogP contribution in [0.25, 0.3) is 0 Å². The fourth-order valence-electron chi connectivity index (χ4n) is 2.24. The number of benzene rings is 1. The van der Waals surface area contributed by atoms with Crippen molar-refractivity contribution in [3.8, 4) is 0 Å². The van der Waals surface area contributed by atoms with E-state index in [1.807, 2.05) is 11.8 Å². The average Bonchev–Trinajstić information content (AvgIpc) is 2.15. The Balaban J connectivity index is 2.41. The maximum absolute atomic E-state index is 2.35. The first-order valence-corrected chi connectivity index (χ1v) is 6.29. The minimum absolute atomic E-state index is 0.400. The van der Waals surface area contributed by atoms with Gasteiger partial charge in [0.1, 0.15) is 0 Å². The van der Waals surface area contributed by atoms with E-state index in [9.17, 15) is 0 Å². The van der Waals surface area contributed by atoms with Crippen LogP contribution in [0.4, 0.5) is 0 Å². The predicted octanol–water partition coefficient (Wildman–Crippen LogP) is 4.31. The topological polar surface area (TPSA) is 0 Å². The SMILES string of the molecule is CC(C)(C)C1CCSc2ccccc21. The standard InChI is InChI=1S/C13H18S/c1-13(2,3)11-8-9-14-12-7-5-4-6-10(11)12/h4-7,11H,8-9H2,1-3H3. The maximum atomic E-state index is 2.35. The summed E-state index contributed by atoms with van der Waals surface area (Å²) >= 11 is 2.01. The molecule has 76 valence electrons. The second-order valence-corrected chi connectivity index (χ2v) is 6.23. The molecule has 1 aromatic carbocycles. The Hall–Kier alpha value is -0.430. The van der Waals surface area contributed by atoms with Crippen molar-refractivity contribution >= 4 is 11.8 Å². The van der Waals surface area contributed by atoms with E-state index in [1.165, 1.54) is 17.1 Å². The summed E-state index contributed by atoms with van der Waals surface area (Å²) in [7, 11) is 0. The van der Waals surface area contributed by atoms with Gasteiger partial charge in [0.2, 0.25) is 0 Å². The molecule has 0 nitrogen and oxygen atoms in total. The van der Waals surface area contributed by atoms with Crippen molar-refractivity contribution in [1.29, 1.82) is 0 Å². The number of fused-ring (bicyclic) bond motifs is 1. The lowest BCUT2D eigenvalue weighted by atomic mass is 9.75. The molecule has 0 spiro atoms. The van der Waals surface area contributed by atoms with Crippen LogP contribution in [-0.2, 0) is 0 Å². The van der Waals surface area contributed by atoms with E-state index in [0.29, 0.717) is 5.41 Å². The van der Waals surface area contributed by atoms with Crippen LogP contribution < -0.4 is 0 Å². The van der Waals surface area contributed by atoms with Crippen molar-refractivity contribution in [2.45, 2.75) is 38.0 Å². The van der Waals surface area contributed by atoms with Crippen LogP contribution >= 0.6 is 11.8 Å². The quantitative estimate of drug-likeness (QED) is 0.609. The van der Waals surface area contributed by atoms with Gasteiger partial charge in [-0.15, -0.1) is 11.8 Å². The molecule has 14 heavy (non-hydrogen) atoms. The summed E-state index contributed by atoms with van der Waals surface area (Å²) in [5, 5.41) is 0. The normalized spacial score (nSPS) is 21.8. The summed E-state index contributed by atoms with van der Waals surface area (Å²) in [5.41, 5.74) is 1.97. The summed E-state index contributed by atoms with van der Waals surface area (Å²) in [6.07, 6.45) is 1.32. The Kier molecular flexibility index (Phi) is 2.61. The largest absolute Gasteiger partial charge is 0.126 e. The zero-order valence-corrected chi connectivity index (χ0v) is 10.0. The third-order valence-electron chi connectivity index (χ3n) is 3.00. The van der Waals surface area contributed by atoms with Crippen LogP contribution in [0.15, 0.2) is 29.2 Å². The van der Waals surface area contributed by atoms with Crippen molar-refractivity contribution in [1.82, 2.24) is 0 Å². The van der Waals surface area contributed by atoms with E-state index >= 15 is 0 Å². The van der Waals surface area contributed by atoms with E-state index in [0.717, 1.165) is 5.92 Å². The van der Waals surface area contributed by atoms with E-state index in [2.05, 4.69) is 45.0 Å². The minimum Gasteiger partial charge on any atom is -0.126 e. The number of thioether (sulfide) groups is 1. The Morgan fingerprint density at radius 2 is 1.93 bits per heavy atom. The summed E-state index contributed by atoms with van der Waals surface area (Å²) < 4.78 is 0. The first-order valence-electron chi connectivity index (χ1n) is 5.31. The zero-order chi connectivity index (χ0) is 10.2. The predicted molar refractivity (Wildman–Crippen MR) is 64.0 cm³/mol. The van der Waals surface area contributed by atoms with Gasteiger partial charge < -0.3 is 0 Å². The van der Waals surface area contributed by atoms with E-state index in [1.54, 1.807) is 5.56 Å². The second-order valence-electron chi connectivity index (χ2n) is 5.09. The number of hydrogen-bond acceptors (Lipinski definition) is 1. The summed E-state index contributed by atoms with van der Waals surface area (Å²) in [6.45, 7) is 7.05. The van der Waals surface area contributed by atoms with Gasteiger partial charge in [0.15, 0.2) is 0 Å². The fourth-order valence-corrected chi connectivity index (χ4v) is 3.37. The first-order chi connectivity index (χ1) is 6.59. The second kappa shape index (κ2) is 3.62. The average molecular weight is 206 g/mol. The lowest BCUT2D eigenvalue weighted by Crippen LogP contribution is -2.22. The van der Waals surface area contributed by atoms with Crippen molar-refractivity contribution < 1.29 is 0 Å². The van der Waals surface area contributed by atoms with Crippen molar-refractivity contribution in [3.63, 3.8) is 0 Å². The molecule has 1 aromatic rings. The maximum Gasteiger partial charge on any atom is 0.0107 e. The van der Waals surface area contributed by atoms with Crippen LogP contribution in [0.5, 0.6) is 0 Å². The molecular formula is C13H18S. The molecule has 1 aliphatic rings. The molecule has 2 rings (SSSR count). The molecule has 0 saturated carbocycles. The molecule has 0 aliphatic carbocycles. The van der Waals surface area contributed by atoms with Gasteiger partial charge in [0.25, 0.3) is 0 Å². The van der Waals surface area contributed by atoms with Crippen LogP contribution in [-0.4, -0.2) is 5.75 Å². The summed E-state index contributed by atoms with van der Waals surface area (Å²) in [6, 6.07) is 8.88. The molecule has 0 radical (unpaired) electrons. The first kappa shape index (κ1) is 10.1. The molecule has 1 heteroatoms. The lowest BCUT2D eigenvalue weighted by Gasteiger charge is -2.35. The van der Waals surface area contributed by atoms with Crippen LogP contribution in [0.3, 0.4) is 0 Å². The fraction of sp³-hybridized carbons (Fsp3) is 0.538. The molecule has 0 fully saturated rings. The molecule has 0 N–H and O–H groups in total. The molecule has 0 saturated heterocycles. The lowest BCUT2D eigenvalue weighted by molar-refractivity contribution is 0.308. The molecule has 0 aromatic heterocycles. The Bertz CT molecular complexity index is 322. The Morgan fingerprint density at radius 3 is 2.64 bits per heavy atom. The van der Waals surface area contributed by atoms with E-state index in [-0.39, 0.29) is 0 Å². The van der Waals surface area contributed by atoms with Crippen LogP contribution in [0, 0.1) is 5.41 Å². The highest BCUT2D eigenvalue weighted by atomic mass is 32.2. The molecular weight excluding hydrogens is 188 g/mol.